The van der Waals surface area contributed by atoms with Gasteiger partial charge in [0.2, 0.25) is 6.08 Å². The van der Waals surface area contributed by atoms with E-state index in [0.717, 1.165) is 16.7 Å². The number of isocyanates is 1. The molecule has 2 aromatic carbocycles. The predicted octanol–water partition coefficient (Wildman–Crippen LogP) is 3.75. The van der Waals surface area contributed by atoms with Gasteiger partial charge in [0.05, 0.1) is 6.04 Å². The Bertz CT molecular complexity index is 542. The Hall–Kier alpha value is -2.18. The second kappa shape index (κ2) is 5.24. The fourth-order valence-electron chi connectivity index (χ4n) is 1.76. The summed E-state index contributed by atoms with van der Waals surface area (Å²) in [7, 11) is 0. The quantitative estimate of drug-likeness (QED) is 0.575. The summed E-state index contributed by atoms with van der Waals surface area (Å²) in [5, 5.41) is 0. The summed E-state index contributed by atoms with van der Waals surface area (Å²) in [6.45, 7) is 1.88. The summed E-state index contributed by atoms with van der Waals surface area (Å²) in [5.74, 6) is 0. The monoisotopic (exact) mass is 223 g/mol. The number of hydrogen-bond donors (Lipinski definition) is 0. The Balaban J connectivity index is 2.38. The first-order chi connectivity index (χ1) is 8.31. The minimum atomic E-state index is -0.142. The lowest BCUT2D eigenvalue weighted by molar-refractivity contribution is 0.559. The summed E-state index contributed by atoms with van der Waals surface area (Å²) in [6.07, 6.45) is 1.60. The third-order valence-corrected chi connectivity index (χ3v) is 2.72. The highest BCUT2D eigenvalue weighted by molar-refractivity contribution is 5.64. The molecule has 17 heavy (non-hydrogen) atoms. The van der Waals surface area contributed by atoms with Crippen molar-refractivity contribution < 1.29 is 4.79 Å². The molecule has 0 N–H and O–H groups in total. The molecule has 0 spiro atoms. The number of carbonyl (C=O) groups excluding carboxylic acids is 1. The van der Waals surface area contributed by atoms with Gasteiger partial charge in [0.15, 0.2) is 0 Å². The topological polar surface area (TPSA) is 29.4 Å². The van der Waals surface area contributed by atoms with Gasteiger partial charge >= 0.3 is 0 Å². The van der Waals surface area contributed by atoms with Crippen molar-refractivity contribution in [3.63, 3.8) is 0 Å². The summed E-state index contributed by atoms with van der Waals surface area (Å²) in [5.41, 5.74) is 3.32. The normalized spacial score (nSPS) is 11.6. The van der Waals surface area contributed by atoms with Crippen LogP contribution in [0.3, 0.4) is 0 Å². The van der Waals surface area contributed by atoms with E-state index in [9.17, 15) is 4.79 Å². The lowest BCUT2D eigenvalue weighted by atomic mass is 10.0. The number of rotatable bonds is 3. The van der Waals surface area contributed by atoms with Gasteiger partial charge in [-0.25, -0.2) is 4.79 Å². The zero-order valence-corrected chi connectivity index (χ0v) is 9.63. The lowest BCUT2D eigenvalue weighted by Gasteiger charge is -2.07. The average molecular weight is 223 g/mol. The van der Waals surface area contributed by atoms with Gasteiger partial charge in [-0.3, -0.25) is 0 Å². The molecule has 1 unspecified atom stereocenters. The van der Waals surface area contributed by atoms with Crippen LogP contribution in [-0.4, -0.2) is 6.08 Å². The molecule has 0 aliphatic carbocycles. The molecule has 0 aliphatic rings. The third kappa shape index (κ3) is 2.68. The number of nitrogens with zero attached hydrogens (tertiary/aromatic N) is 1. The first-order valence-corrected chi connectivity index (χ1v) is 5.53. The maximum atomic E-state index is 10.3. The maximum absolute atomic E-state index is 10.3. The standard InChI is InChI=1S/C15H13NO/c1-12(16-11-17)14-8-5-9-15(10-14)13-6-3-2-4-7-13/h2-10,12H,1H3. The highest BCUT2D eigenvalue weighted by Gasteiger charge is 2.04. The van der Waals surface area contributed by atoms with Crippen LogP contribution in [0.5, 0.6) is 0 Å². The molecule has 0 aromatic heterocycles. The van der Waals surface area contributed by atoms with Crippen molar-refractivity contribution in [2.45, 2.75) is 13.0 Å². The fraction of sp³-hybridized carbons (Fsp3) is 0.133. The summed E-state index contributed by atoms with van der Waals surface area (Å²) < 4.78 is 0. The lowest BCUT2D eigenvalue weighted by Crippen LogP contribution is -1.89. The first kappa shape index (κ1) is 11.3. The van der Waals surface area contributed by atoms with Crippen molar-refractivity contribution >= 4 is 6.08 Å². The highest BCUT2D eigenvalue weighted by atomic mass is 16.1. The number of aliphatic imine (C=N–C) groups is 1. The maximum Gasteiger partial charge on any atom is 0.235 e. The van der Waals surface area contributed by atoms with Crippen LogP contribution in [0.25, 0.3) is 11.1 Å². The predicted molar refractivity (Wildman–Crippen MR) is 68.4 cm³/mol. The molecule has 0 fully saturated rings. The molecule has 2 heteroatoms. The van der Waals surface area contributed by atoms with Crippen LogP contribution < -0.4 is 0 Å². The van der Waals surface area contributed by atoms with Crippen molar-refractivity contribution in [2.75, 3.05) is 0 Å². The molecular formula is C15H13NO. The van der Waals surface area contributed by atoms with Crippen LogP contribution in [0.1, 0.15) is 18.5 Å². The Morgan fingerprint density at radius 1 is 1.00 bits per heavy atom. The van der Waals surface area contributed by atoms with Crippen LogP contribution >= 0.6 is 0 Å². The van der Waals surface area contributed by atoms with Gasteiger partial charge in [-0.05, 0) is 29.7 Å². The van der Waals surface area contributed by atoms with E-state index >= 15 is 0 Å². The van der Waals surface area contributed by atoms with E-state index in [-0.39, 0.29) is 6.04 Å². The van der Waals surface area contributed by atoms with Crippen LogP contribution in [0.4, 0.5) is 0 Å². The van der Waals surface area contributed by atoms with E-state index in [1.807, 2.05) is 37.3 Å². The van der Waals surface area contributed by atoms with E-state index in [2.05, 4.69) is 29.3 Å². The molecule has 2 nitrogen and oxygen atoms in total. The Labute approximate surface area is 101 Å². The molecule has 84 valence electrons. The minimum absolute atomic E-state index is 0.142. The van der Waals surface area contributed by atoms with Gasteiger partial charge in [-0.15, -0.1) is 0 Å². The van der Waals surface area contributed by atoms with Gasteiger partial charge in [0.1, 0.15) is 0 Å². The van der Waals surface area contributed by atoms with Crippen molar-refractivity contribution in [1.82, 2.24) is 0 Å². The van der Waals surface area contributed by atoms with Crippen molar-refractivity contribution in [3.05, 3.63) is 60.2 Å². The molecule has 0 bridgehead atoms. The molecule has 2 aromatic rings. The van der Waals surface area contributed by atoms with E-state index < -0.39 is 0 Å². The smallest absolute Gasteiger partial charge is 0.211 e. The van der Waals surface area contributed by atoms with Gasteiger partial charge in [0, 0.05) is 0 Å². The van der Waals surface area contributed by atoms with Crippen molar-refractivity contribution in [3.8, 4) is 11.1 Å². The molecule has 1 atom stereocenters. The molecular weight excluding hydrogens is 210 g/mol. The van der Waals surface area contributed by atoms with Crippen LogP contribution in [-0.2, 0) is 4.79 Å². The van der Waals surface area contributed by atoms with Gasteiger partial charge < -0.3 is 0 Å². The summed E-state index contributed by atoms with van der Waals surface area (Å²) in [6, 6.07) is 18.1. The summed E-state index contributed by atoms with van der Waals surface area (Å²) >= 11 is 0. The molecule has 0 saturated heterocycles. The average Bonchev–Trinajstić information content (AvgIpc) is 2.40. The molecule has 0 aliphatic heterocycles. The zero-order chi connectivity index (χ0) is 12.1. The van der Waals surface area contributed by atoms with Gasteiger partial charge in [0.25, 0.3) is 0 Å². The Morgan fingerprint density at radius 2 is 1.71 bits per heavy atom. The Morgan fingerprint density at radius 3 is 2.41 bits per heavy atom. The largest absolute Gasteiger partial charge is 0.235 e. The second-order valence-electron chi connectivity index (χ2n) is 3.89. The SMILES string of the molecule is CC(N=C=O)c1cccc(-c2ccccc2)c1. The molecule has 0 amide bonds. The van der Waals surface area contributed by atoms with Crippen LogP contribution in [0.15, 0.2) is 59.6 Å². The molecule has 0 radical (unpaired) electrons. The van der Waals surface area contributed by atoms with E-state index in [1.54, 1.807) is 6.08 Å². The number of benzene rings is 2. The minimum Gasteiger partial charge on any atom is -0.211 e. The van der Waals surface area contributed by atoms with Crippen molar-refractivity contribution in [2.24, 2.45) is 4.99 Å². The first-order valence-electron chi connectivity index (χ1n) is 5.53. The van der Waals surface area contributed by atoms with Gasteiger partial charge in [-0.1, -0.05) is 48.5 Å². The Kier molecular flexibility index (Phi) is 3.49. The summed E-state index contributed by atoms with van der Waals surface area (Å²) in [4.78, 5) is 14.0. The zero-order valence-electron chi connectivity index (χ0n) is 9.63. The van der Waals surface area contributed by atoms with Crippen molar-refractivity contribution in [1.29, 1.82) is 0 Å². The second-order valence-corrected chi connectivity index (χ2v) is 3.89. The molecule has 2 rings (SSSR count). The highest BCUT2D eigenvalue weighted by Crippen LogP contribution is 2.24. The number of hydrogen-bond acceptors (Lipinski definition) is 2. The third-order valence-electron chi connectivity index (χ3n) is 2.72. The van der Waals surface area contributed by atoms with E-state index in [1.165, 1.54) is 0 Å². The van der Waals surface area contributed by atoms with Crippen LogP contribution in [0, 0.1) is 0 Å². The van der Waals surface area contributed by atoms with Gasteiger partial charge in [-0.2, -0.15) is 4.99 Å². The van der Waals surface area contributed by atoms with E-state index in [0.29, 0.717) is 0 Å². The molecule has 0 heterocycles. The van der Waals surface area contributed by atoms with E-state index in [4.69, 9.17) is 0 Å². The fourth-order valence-corrected chi connectivity index (χ4v) is 1.76. The molecule has 0 saturated carbocycles. The van der Waals surface area contributed by atoms with Crippen LogP contribution in [0.2, 0.25) is 0 Å².